The summed E-state index contributed by atoms with van der Waals surface area (Å²) in [7, 11) is 0. The quantitative estimate of drug-likeness (QED) is 0.838. The van der Waals surface area contributed by atoms with E-state index in [0.717, 1.165) is 24.0 Å². The molecule has 0 bridgehead atoms. The molecule has 2 unspecified atom stereocenters. The number of phenolic OH excluding ortho intramolecular Hbond substituents is 1. The third-order valence-corrected chi connectivity index (χ3v) is 5.08. The number of rotatable bonds is 4. The number of hydrogen-bond donors (Lipinski definition) is 2. The Bertz CT molecular complexity index is 721. The fourth-order valence-corrected chi connectivity index (χ4v) is 3.51. The number of benzene rings is 2. The molecule has 0 aliphatic carbocycles. The van der Waals surface area contributed by atoms with Gasteiger partial charge in [-0.3, -0.25) is 9.69 Å². The van der Waals surface area contributed by atoms with Crippen molar-refractivity contribution in [3.05, 3.63) is 64.1 Å². The van der Waals surface area contributed by atoms with Crippen LogP contribution in [0.1, 0.15) is 35.3 Å². The summed E-state index contributed by atoms with van der Waals surface area (Å²) in [5.41, 5.74) is 1.60. The third-order valence-electron chi connectivity index (χ3n) is 4.59. The molecule has 1 amide bonds. The monoisotopic (exact) mass is 388 g/mol. The third kappa shape index (κ3) is 3.79. The average Bonchev–Trinajstić information content (AvgIpc) is 3.03. The van der Waals surface area contributed by atoms with Gasteiger partial charge in [0.15, 0.2) is 0 Å². The molecule has 1 heterocycles. The summed E-state index contributed by atoms with van der Waals surface area (Å²) in [6, 6.07) is 15.8. The predicted octanol–water partition coefficient (Wildman–Crippen LogP) is 3.72. The predicted molar refractivity (Wildman–Crippen MR) is 98.1 cm³/mol. The van der Waals surface area contributed by atoms with Crippen LogP contribution in [0.5, 0.6) is 5.75 Å². The van der Waals surface area contributed by atoms with E-state index in [4.69, 9.17) is 0 Å². The largest absolute Gasteiger partial charge is 0.507 e. The van der Waals surface area contributed by atoms with Crippen molar-refractivity contribution in [2.45, 2.75) is 25.4 Å². The zero-order valence-electron chi connectivity index (χ0n) is 13.6. The van der Waals surface area contributed by atoms with Gasteiger partial charge in [0, 0.05) is 29.6 Å². The number of amides is 1. The topological polar surface area (TPSA) is 52.6 Å². The van der Waals surface area contributed by atoms with E-state index in [1.807, 2.05) is 6.07 Å². The Hall–Kier alpha value is -1.85. The molecule has 126 valence electrons. The van der Waals surface area contributed by atoms with Crippen LogP contribution in [0, 0.1) is 0 Å². The summed E-state index contributed by atoms with van der Waals surface area (Å²) >= 11 is 3.28. The molecular weight excluding hydrogens is 368 g/mol. The standard InChI is InChI=1S/C19H21BrN2O2/c1-13(14-5-3-2-4-6-14)22-10-9-16(12-22)21-19(24)17-8-7-15(20)11-18(17)23/h2-8,11,13,16,23H,9-10,12H2,1H3,(H,21,24). The van der Waals surface area contributed by atoms with Gasteiger partial charge in [-0.1, -0.05) is 46.3 Å². The zero-order chi connectivity index (χ0) is 17.1. The second-order valence-corrected chi connectivity index (χ2v) is 7.12. The van der Waals surface area contributed by atoms with Gasteiger partial charge in [0.25, 0.3) is 5.91 Å². The molecule has 3 rings (SSSR count). The summed E-state index contributed by atoms with van der Waals surface area (Å²) in [6.07, 6.45) is 0.917. The fraction of sp³-hybridized carbons (Fsp3) is 0.316. The summed E-state index contributed by atoms with van der Waals surface area (Å²) in [6.45, 7) is 3.96. The highest BCUT2D eigenvalue weighted by Crippen LogP contribution is 2.26. The van der Waals surface area contributed by atoms with E-state index in [9.17, 15) is 9.90 Å². The van der Waals surface area contributed by atoms with Crippen LogP contribution in [0.2, 0.25) is 0 Å². The van der Waals surface area contributed by atoms with Gasteiger partial charge in [0.1, 0.15) is 5.75 Å². The number of nitrogens with zero attached hydrogens (tertiary/aromatic N) is 1. The highest BCUT2D eigenvalue weighted by Gasteiger charge is 2.28. The number of halogens is 1. The lowest BCUT2D eigenvalue weighted by atomic mass is 10.1. The van der Waals surface area contributed by atoms with Gasteiger partial charge in [-0.15, -0.1) is 0 Å². The van der Waals surface area contributed by atoms with Gasteiger partial charge in [0.2, 0.25) is 0 Å². The number of carbonyl (C=O) groups is 1. The van der Waals surface area contributed by atoms with E-state index >= 15 is 0 Å². The van der Waals surface area contributed by atoms with E-state index in [1.54, 1.807) is 12.1 Å². The second kappa shape index (κ2) is 7.36. The van der Waals surface area contributed by atoms with Gasteiger partial charge in [-0.05, 0) is 37.1 Å². The first-order chi connectivity index (χ1) is 11.5. The van der Waals surface area contributed by atoms with Crippen LogP contribution in [-0.4, -0.2) is 35.0 Å². The SMILES string of the molecule is CC(c1ccccc1)N1CCC(NC(=O)c2ccc(Br)cc2O)C1. The van der Waals surface area contributed by atoms with E-state index in [2.05, 4.69) is 57.3 Å². The first kappa shape index (κ1) is 17.0. The number of likely N-dealkylation sites (tertiary alicyclic amines) is 1. The lowest BCUT2D eigenvalue weighted by Crippen LogP contribution is -2.37. The Morgan fingerprint density at radius 2 is 2.04 bits per heavy atom. The van der Waals surface area contributed by atoms with E-state index in [1.165, 1.54) is 11.6 Å². The molecule has 1 aliphatic rings. The fourth-order valence-electron chi connectivity index (χ4n) is 3.16. The highest BCUT2D eigenvalue weighted by atomic mass is 79.9. The van der Waals surface area contributed by atoms with Gasteiger partial charge < -0.3 is 10.4 Å². The average molecular weight is 389 g/mol. The lowest BCUT2D eigenvalue weighted by molar-refractivity contribution is 0.0934. The Kier molecular flexibility index (Phi) is 5.21. The van der Waals surface area contributed by atoms with Crippen molar-refractivity contribution in [1.29, 1.82) is 0 Å². The van der Waals surface area contributed by atoms with Crippen molar-refractivity contribution in [2.24, 2.45) is 0 Å². The highest BCUT2D eigenvalue weighted by molar-refractivity contribution is 9.10. The molecule has 4 nitrogen and oxygen atoms in total. The molecule has 2 aromatic rings. The van der Waals surface area contributed by atoms with Crippen molar-refractivity contribution in [3.8, 4) is 5.75 Å². The number of phenols is 1. The molecule has 1 fully saturated rings. The van der Waals surface area contributed by atoms with Crippen LogP contribution in [0.4, 0.5) is 0 Å². The van der Waals surface area contributed by atoms with Crippen LogP contribution in [-0.2, 0) is 0 Å². The molecule has 0 saturated carbocycles. The maximum atomic E-state index is 12.4. The van der Waals surface area contributed by atoms with E-state index in [0.29, 0.717) is 11.6 Å². The van der Waals surface area contributed by atoms with Crippen molar-refractivity contribution >= 4 is 21.8 Å². The molecule has 0 aromatic heterocycles. The number of aromatic hydroxyl groups is 1. The smallest absolute Gasteiger partial charge is 0.255 e. The van der Waals surface area contributed by atoms with Crippen molar-refractivity contribution in [1.82, 2.24) is 10.2 Å². The first-order valence-corrected chi connectivity index (χ1v) is 8.92. The number of nitrogens with one attached hydrogen (secondary N) is 1. The number of hydrogen-bond acceptors (Lipinski definition) is 3. The Morgan fingerprint density at radius 1 is 1.29 bits per heavy atom. The molecule has 1 aliphatic heterocycles. The normalized spacial score (nSPS) is 19.2. The molecule has 24 heavy (non-hydrogen) atoms. The van der Waals surface area contributed by atoms with Crippen molar-refractivity contribution in [2.75, 3.05) is 13.1 Å². The van der Waals surface area contributed by atoms with E-state index in [-0.39, 0.29) is 17.7 Å². The minimum absolute atomic E-state index is 0.00520. The first-order valence-electron chi connectivity index (χ1n) is 8.13. The molecule has 2 N–H and O–H groups in total. The van der Waals surface area contributed by atoms with Gasteiger partial charge >= 0.3 is 0 Å². The van der Waals surface area contributed by atoms with Crippen molar-refractivity contribution < 1.29 is 9.90 Å². The second-order valence-electron chi connectivity index (χ2n) is 6.20. The van der Waals surface area contributed by atoms with Crippen LogP contribution in [0.3, 0.4) is 0 Å². The maximum Gasteiger partial charge on any atom is 0.255 e. The molecule has 2 aromatic carbocycles. The van der Waals surface area contributed by atoms with Crippen LogP contribution in [0.25, 0.3) is 0 Å². The van der Waals surface area contributed by atoms with Gasteiger partial charge in [-0.25, -0.2) is 0 Å². The maximum absolute atomic E-state index is 12.4. The minimum atomic E-state index is -0.223. The molecule has 5 heteroatoms. The summed E-state index contributed by atoms with van der Waals surface area (Å²) in [4.78, 5) is 14.8. The molecule has 0 radical (unpaired) electrons. The van der Waals surface area contributed by atoms with Crippen LogP contribution >= 0.6 is 15.9 Å². The van der Waals surface area contributed by atoms with Crippen molar-refractivity contribution in [3.63, 3.8) is 0 Å². The molecule has 1 saturated heterocycles. The van der Waals surface area contributed by atoms with Crippen LogP contribution in [0.15, 0.2) is 53.0 Å². The summed E-state index contributed by atoms with van der Waals surface area (Å²) in [5.74, 6) is -0.228. The molecule has 0 spiro atoms. The zero-order valence-corrected chi connectivity index (χ0v) is 15.2. The van der Waals surface area contributed by atoms with Crippen LogP contribution < -0.4 is 5.32 Å². The van der Waals surface area contributed by atoms with Gasteiger partial charge in [-0.2, -0.15) is 0 Å². The molecular formula is C19H21BrN2O2. The Balaban J connectivity index is 1.61. The Labute approximate surface area is 150 Å². The summed E-state index contributed by atoms with van der Waals surface area (Å²) in [5, 5.41) is 13.0. The Morgan fingerprint density at radius 3 is 2.75 bits per heavy atom. The van der Waals surface area contributed by atoms with E-state index < -0.39 is 0 Å². The number of carbonyl (C=O) groups excluding carboxylic acids is 1. The summed E-state index contributed by atoms with van der Waals surface area (Å²) < 4.78 is 0.750. The molecule has 2 atom stereocenters. The minimum Gasteiger partial charge on any atom is -0.507 e. The lowest BCUT2D eigenvalue weighted by Gasteiger charge is -2.24. The van der Waals surface area contributed by atoms with Gasteiger partial charge in [0.05, 0.1) is 5.56 Å².